The summed E-state index contributed by atoms with van der Waals surface area (Å²) < 4.78 is 6.83. The van der Waals surface area contributed by atoms with Gasteiger partial charge in [-0.15, -0.1) is 0 Å². The molecule has 1 heterocycles. The minimum absolute atomic E-state index is 0.129. The number of para-hydroxylation sites is 1. The van der Waals surface area contributed by atoms with Crippen LogP contribution in [-0.2, 0) is 11.8 Å². The zero-order valence-electron chi connectivity index (χ0n) is 19.1. The monoisotopic (exact) mass is 444 g/mol. The first-order chi connectivity index (χ1) is 16.0. The minimum atomic E-state index is -0.405. The van der Waals surface area contributed by atoms with Crippen LogP contribution in [0.3, 0.4) is 0 Å². The standard InChI is InChI=1S/C26H28N4O3/c1-4-23(24-27-22-14-8-7-13-20(22)25(31)29(24)2)30(16-17-33-3)26(32)28-21-15-9-11-18-10-5-6-12-19(18)21/h5-15,23H,4,16-17H2,1-3H3,(H,28,32). The summed E-state index contributed by atoms with van der Waals surface area (Å²) in [6, 6.07) is 20.3. The van der Waals surface area contributed by atoms with Gasteiger partial charge in [-0.2, -0.15) is 0 Å². The molecule has 0 aliphatic rings. The molecule has 7 heteroatoms. The maximum Gasteiger partial charge on any atom is 0.322 e. The summed E-state index contributed by atoms with van der Waals surface area (Å²) in [7, 11) is 3.31. The number of benzene rings is 3. The van der Waals surface area contributed by atoms with Crippen molar-refractivity contribution in [3.63, 3.8) is 0 Å². The third-order valence-electron chi connectivity index (χ3n) is 5.91. The Bertz CT molecular complexity index is 1340. The van der Waals surface area contributed by atoms with Crippen LogP contribution in [0.25, 0.3) is 21.7 Å². The van der Waals surface area contributed by atoms with E-state index in [0.717, 1.165) is 16.5 Å². The fourth-order valence-corrected chi connectivity index (χ4v) is 4.19. The highest BCUT2D eigenvalue weighted by atomic mass is 16.5. The summed E-state index contributed by atoms with van der Waals surface area (Å²) in [4.78, 5) is 33.0. The summed E-state index contributed by atoms with van der Waals surface area (Å²) in [5, 5.41) is 5.63. The largest absolute Gasteiger partial charge is 0.383 e. The summed E-state index contributed by atoms with van der Waals surface area (Å²) in [5.41, 5.74) is 1.22. The Balaban J connectivity index is 1.74. The van der Waals surface area contributed by atoms with Crippen LogP contribution in [0.4, 0.5) is 10.5 Å². The van der Waals surface area contributed by atoms with Crippen molar-refractivity contribution < 1.29 is 9.53 Å². The first-order valence-electron chi connectivity index (χ1n) is 11.0. The second-order valence-electron chi connectivity index (χ2n) is 7.92. The molecule has 1 aromatic heterocycles. The summed E-state index contributed by atoms with van der Waals surface area (Å²) in [6.45, 7) is 2.70. The van der Waals surface area contributed by atoms with Crippen LogP contribution in [-0.4, -0.2) is 40.7 Å². The second-order valence-corrected chi connectivity index (χ2v) is 7.92. The number of ether oxygens (including phenoxy) is 1. The number of rotatable bonds is 7. The number of fused-ring (bicyclic) bond motifs is 2. The predicted molar refractivity (Wildman–Crippen MR) is 132 cm³/mol. The molecule has 33 heavy (non-hydrogen) atoms. The molecule has 7 nitrogen and oxygen atoms in total. The van der Waals surface area contributed by atoms with Crippen molar-refractivity contribution >= 4 is 33.4 Å². The normalized spacial score (nSPS) is 12.1. The molecule has 0 saturated carbocycles. The lowest BCUT2D eigenvalue weighted by Gasteiger charge is -2.32. The van der Waals surface area contributed by atoms with Gasteiger partial charge in [0.15, 0.2) is 0 Å². The van der Waals surface area contributed by atoms with E-state index in [1.807, 2.05) is 67.6 Å². The molecule has 4 aromatic rings. The van der Waals surface area contributed by atoms with E-state index >= 15 is 0 Å². The molecule has 170 valence electrons. The number of anilines is 1. The number of urea groups is 1. The number of nitrogens with zero attached hydrogens (tertiary/aromatic N) is 3. The van der Waals surface area contributed by atoms with Crippen molar-refractivity contribution in [1.29, 1.82) is 0 Å². The molecule has 0 aliphatic carbocycles. The molecule has 1 atom stereocenters. The van der Waals surface area contributed by atoms with Crippen molar-refractivity contribution in [2.24, 2.45) is 7.05 Å². The van der Waals surface area contributed by atoms with E-state index < -0.39 is 6.04 Å². The lowest BCUT2D eigenvalue weighted by atomic mass is 10.1. The quantitative estimate of drug-likeness (QED) is 0.448. The van der Waals surface area contributed by atoms with Crippen molar-refractivity contribution in [1.82, 2.24) is 14.5 Å². The van der Waals surface area contributed by atoms with Crippen molar-refractivity contribution in [3.8, 4) is 0 Å². The lowest BCUT2D eigenvalue weighted by molar-refractivity contribution is 0.131. The molecule has 0 spiro atoms. The summed E-state index contributed by atoms with van der Waals surface area (Å²) in [6.07, 6.45) is 0.589. The number of carbonyl (C=O) groups is 1. The van der Waals surface area contributed by atoms with E-state index in [1.165, 1.54) is 0 Å². The zero-order valence-corrected chi connectivity index (χ0v) is 19.1. The number of nitrogens with one attached hydrogen (secondary N) is 1. The molecule has 0 fully saturated rings. The van der Waals surface area contributed by atoms with E-state index in [1.54, 1.807) is 29.7 Å². The lowest BCUT2D eigenvalue weighted by Crippen LogP contribution is -2.42. The van der Waals surface area contributed by atoms with Gasteiger partial charge < -0.3 is 15.0 Å². The first kappa shape index (κ1) is 22.5. The van der Waals surface area contributed by atoms with Gasteiger partial charge in [-0.3, -0.25) is 9.36 Å². The highest BCUT2D eigenvalue weighted by Gasteiger charge is 2.28. The second kappa shape index (κ2) is 9.83. The molecule has 0 aliphatic heterocycles. The molecule has 0 bridgehead atoms. The third kappa shape index (κ3) is 4.45. The molecule has 0 saturated heterocycles. The number of amides is 2. The molecular formula is C26H28N4O3. The van der Waals surface area contributed by atoms with Crippen LogP contribution in [0, 0.1) is 0 Å². The Kier molecular flexibility index (Phi) is 6.70. The first-order valence-corrected chi connectivity index (χ1v) is 11.0. The maximum absolute atomic E-state index is 13.5. The molecule has 1 N–H and O–H groups in total. The third-order valence-corrected chi connectivity index (χ3v) is 5.91. The average molecular weight is 445 g/mol. The predicted octanol–water partition coefficient (Wildman–Crippen LogP) is 4.72. The molecule has 2 amide bonds. The fourth-order valence-electron chi connectivity index (χ4n) is 4.19. The van der Waals surface area contributed by atoms with Gasteiger partial charge in [0, 0.05) is 26.1 Å². The Morgan fingerprint density at radius 1 is 1.06 bits per heavy atom. The highest BCUT2D eigenvalue weighted by molar-refractivity contribution is 6.01. The Hall–Kier alpha value is -3.71. The SMILES string of the molecule is CCC(c1nc2ccccc2c(=O)n1C)N(CCOC)C(=O)Nc1cccc2ccccc12. The molecule has 4 rings (SSSR count). The smallest absolute Gasteiger partial charge is 0.322 e. The van der Waals surface area contributed by atoms with Gasteiger partial charge >= 0.3 is 6.03 Å². The molecule has 1 unspecified atom stereocenters. The number of aromatic nitrogens is 2. The van der Waals surface area contributed by atoms with E-state index in [2.05, 4.69) is 5.32 Å². The van der Waals surface area contributed by atoms with Gasteiger partial charge in [0.2, 0.25) is 0 Å². The summed E-state index contributed by atoms with van der Waals surface area (Å²) in [5.74, 6) is 0.547. The van der Waals surface area contributed by atoms with Crippen molar-refractivity contribution in [2.75, 3.05) is 25.6 Å². The van der Waals surface area contributed by atoms with E-state index in [0.29, 0.717) is 36.3 Å². The van der Waals surface area contributed by atoms with Gasteiger partial charge in [-0.1, -0.05) is 55.5 Å². The molecule has 0 radical (unpaired) electrons. The van der Waals surface area contributed by atoms with Crippen LogP contribution < -0.4 is 10.9 Å². The van der Waals surface area contributed by atoms with Crippen LogP contribution in [0.15, 0.2) is 71.5 Å². The number of hydrogen-bond acceptors (Lipinski definition) is 4. The van der Waals surface area contributed by atoms with Gasteiger partial charge in [0.25, 0.3) is 5.56 Å². The van der Waals surface area contributed by atoms with Gasteiger partial charge in [-0.25, -0.2) is 9.78 Å². The van der Waals surface area contributed by atoms with Gasteiger partial charge in [0.05, 0.1) is 29.2 Å². The van der Waals surface area contributed by atoms with Gasteiger partial charge in [0.1, 0.15) is 5.82 Å². The number of carbonyl (C=O) groups excluding carboxylic acids is 1. The Morgan fingerprint density at radius 3 is 2.52 bits per heavy atom. The molecular weight excluding hydrogens is 416 g/mol. The number of hydrogen-bond donors (Lipinski definition) is 1. The maximum atomic E-state index is 13.5. The topological polar surface area (TPSA) is 76.5 Å². The van der Waals surface area contributed by atoms with Crippen molar-refractivity contribution in [3.05, 3.63) is 82.9 Å². The highest BCUT2D eigenvalue weighted by Crippen LogP contribution is 2.27. The number of methoxy groups -OCH3 is 1. The van der Waals surface area contributed by atoms with Gasteiger partial charge in [-0.05, 0) is 30.0 Å². The Labute approximate surface area is 192 Å². The van der Waals surface area contributed by atoms with Crippen LogP contribution in [0.5, 0.6) is 0 Å². The van der Waals surface area contributed by atoms with Crippen molar-refractivity contribution in [2.45, 2.75) is 19.4 Å². The Morgan fingerprint density at radius 2 is 1.76 bits per heavy atom. The van der Waals surface area contributed by atoms with E-state index in [9.17, 15) is 9.59 Å². The zero-order chi connectivity index (χ0) is 23.4. The van der Waals surface area contributed by atoms with Crippen LogP contribution in [0.1, 0.15) is 25.2 Å². The van der Waals surface area contributed by atoms with E-state index in [-0.39, 0.29) is 11.6 Å². The molecule has 3 aromatic carbocycles. The average Bonchev–Trinajstić information content (AvgIpc) is 2.84. The summed E-state index contributed by atoms with van der Waals surface area (Å²) >= 11 is 0. The van der Waals surface area contributed by atoms with Crippen LogP contribution in [0.2, 0.25) is 0 Å². The minimum Gasteiger partial charge on any atom is -0.383 e. The van der Waals surface area contributed by atoms with E-state index in [4.69, 9.17) is 9.72 Å². The fraction of sp³-hybridized carbons (Fsp3) is 0.269. The van der Waals surface area contributed by atoms with Crippen LogP contribution >= 0.6 is 0 Å².